The van der Waals surface area contributed by atoms with Gasteiger partial charge in [-0.1, -0.05) is 123 Å². The lowest BCUT2D eigenvalue weighted by Crippen LogP contribution is -2.20. The van der Waals surface area contributed by atoms with Crippen molar-refractivity contribution in [3.63, 3.8) is 0 Å². The minimum Gasteiger partial charge on any atom is -0.478 e. The van der Waals surface area contributed by atoms with Gasteiger partial charge in [-0.25, -0.2) is 4.79 Å². The maximum atomic E-state index is 10.4. The number of carboxylic acid groups (broad SMARTS) is 1. The van der Waals surface area contributed by atoms with Gasteiger partial charge >= 0.3 is 5.97 Å². The zero-order valence-electron chi connectivity index (χ0n) is 19.0. The summed E-state index contributed by atoms with van der Waals surface area (Å²) in [4.78, 5) is 10.4. The van der Waals surface area contributed by atoms with Gasteiger partial charge < -0.3 is 5.11 Å². The zero-order chi connectivity index (χ0) is 22.3. The van der Waals surface area contributed by atoms with Crippen LogP contribution in [-0.4, -0.2) is 11.1 Å². The van der Waals surface area contributed by atoms with Gasteiger partial charge in [-0.15, -0.1) is 12.4 Å². The third-order valence-electron chi connectivity index (χ3n) is 4.89. The molecule has 0 aromatic heterocycles. The van der Waals surface area contributed by atoms with Crippen LogP contribution in [0.25, 0.3) is 0 Å². The number of unbranched alkanes of at least 4 members (excludes halogenated alkanes) is 4. The number of carbonyl (C=O) groups is 1. The minimum absolute atomic E-state index is 0. The lowest BCUT2D eigenvalue weighted by Gasteiger charge is -2.18. The summed E-state index contributed by atoms with van der Waals surface area (Å²) in [5.74, 6) is -0.800. The molecule has 0 saturated carbocycles. The first-order valence-electron chi connectivity index (χ1n) is 11.0. The van der Waals surface area contributed by atoms with E-state index in [1.807, 2.05) is 0 Å². The van der Waals surface area contributed by atoms with E-state index in [1.54, 1.807) is 13.0 Å². The molecule has 3 aromatic carbocycles. The van der Waals surface area contributed by atoms with Gasteiger partial charge in [-0.05, 0) is 43.6 Å². The Kier molecular flexibility index (Phi) is 14.0. The number of hydrogen-bond acceptors (Lipinski definition) is 1. The highest BCUT2D eigenvalue weighted by Crippen LogP contribution is 2.32. The average molecular weight is 469 g/mol. The smallest absolute Gasteiger partial charge is 0.330 e. The molecule has 0 fully saturated rings. The molecule has 2 nitrogen and oxygen atoms in total. The molecule has 4 heteroatoms. The summed E-state index contributed by atoms with van der Waals surface area (Å²) in [7, 11) is -0.446. The van der Waals surface area contributed by atoms with Crippen molar-refractivity contribution in [2.24, 2.45) is 0 Å². The topological polar surface area (TPSA) is 37.3 Å². The van der Waals surface area contributed by atoms with Gasteiger partial charge in [0.1, 0.15) is 0 Å². The second kappa shape index (κ2) is 16.3. The number of hydrogen-bond donors (Lipinski definition) is 1. The van der Waals surface area contributed by atoms with Gasteiger partial charge in [0.25, 0.3) is 0 Å². The molecule has 0 saturated heterocycles. The second-order valence-electron chi connectivity index (χ2n) is 7.38. The van der Waals surface area contributed by atoms with Crippen molar-refractivity contribution in [2.75, 3.05) is 0 Å². The van der Waals surface area contributed by atoms with Gasteiger partial charge in [-0.3, -0.25) is 0 Å². The lowest BCUT2D eigenvalue weighted by atomic mass is 10.1. The summed E-state index contributed by atoms with van der Waals surface area (Å²) < 4.78 is 0. The first kappa shape index (κ1) is 27.6. The molecule has 0 radical (unpaired) electrons. The van der Waals surface area contributed by atoms with Gasteiger partial charge in [0, 0.05) is 5.57 Å². The molecule has 170 valence electrons. The van der Waals surface area contributed by atoms with Crippen LogP contribution in [0.2, 0.25) is 0 Å². The number of halogens is 1. The Morgan fingerprint density at radius 2 is 1.16 bits per heavy atom. The standard InChI is InChI=1S/C18H15P.C10H18O2.ClH/c1-4-10-16(11-5-1)19(17-12-6-2-7-13-17)18-14-8-3-9-15-18;1-3-4-5-6-7-8-9(2)10(11)12;/h1-15H;8H,3-7H2,1-2H3,(H,11,12);1H. The van der Waals surface area contributed by atoms with Gasteiger partial charge in [-0.2, -0.15) is 0 Å². The third kappa shape index (κ3) is 9.81. The maximum Gasteiger partial charge on any atom is 0.330 e. The Hall–Kier alpha value is -2.41. The fraction of sp³-hybridized carbons (Fsp3) is 0.250. The Balaban J connectivity index is 0.000000346. The summed E-state index contributed by atoms with van der Waals surface area (Å²) in [6, 6.07) is 32.3. The van der Waals surface area contributed by atoms with Crippen LogP contribution in [0, 0.1) is 0 Å². The monoisotopic (exact) mass is 468 g/mol. The highest BCUT2D eigenvalue weighted by atomic mass is 35.5. The molecule has 0 spiro atoms. The highest BCUT2D eigenvalue weighted by molar-refractivity contribution is 7.79. The zero-order valence-corrected chi connectivity index (χ0v) is 20.7. The summed E-state index contributed by atoms with van der Waals surface area (Å²) in [5.41, 5.74) is 0.464. The van der Waals surface area contributed by atoms with E-state index in [9.17, 15) is 4.79 Å². The van der Waals surface area contributed by atoms with Gasteiger partial charge in [0.2, 0.25) is 0 Å². The molecule has 1 N–H and O–H groups in total. The number of allylic oxidation sites excluding steroid dienone is 1. The minimum atomic E-state index is -0.800. The Morgan fingerprint density at radius 3 is 1.50 bits per heavy atom. The quantitative estimate of drug-likeness (QED) is 0.212. The van der Waals surface area contributed by atoms with E-state index in [4.69, 9.17) is 5.11 Å². The first-order chi connectivity index (χ1) is 15.1. The molecule has 3 rings (SSSR count). The molecule has 0 amide bonds. The molecule has 3 aromatic rings. The molecular formula is C28H34ClO2P. The Labute approximate surface area is 200 Å². The van der Waals surface area contributed by atoms with Crippen LogP contribution in [0.3, 0.4) is 0 Å². The van der Waals surface area contributed by atoms with Crippen molar-refractivity contribution < 1.29 is 9.90 Å². The van der Waals surface area contributed by atoms with E-state index in [-0.39, 0.29) is 12.4 Å². The van der Waals surface area contributed by atoms with E-state index in [0.717, 1.165) is 12.8 Å². The predicted molar refractivity (Wildman–Crippen MR) is 143 cm³/mol. The van der Waals surface area contributed by atoms with Crippen molar-refractivity contribution in [2.45, 2.75) is 46.0 Å². The molecular weight excluding hydrogens is 435 g/mol. The molecule has 0 bridgehead atoms. The van der Waals surface area contributed by atoms with Crippen LogP contribution in [0.15, 0.2) is 103 Å². The van der Waals surface area contributed by atoms with Crippen molar-refractivity contribution in [1.29, 1.82) is 0 Å². The number of aliphatic carboxylic acids is 1. The fourth-order valence-electron chi connectivity index (χ4n) is 3.16. The number of rotatable bonds is 9. The molecule has 0 aliphatic heterocycles. The van der Waals surface area contributed by atoms with Crippen LogP contribution >= 0.6 is 20.3 Å². The van der Waals surface area contributed by atoms with Crippen molar-refractivity contribution in [1.82, 2.24) is 0 Å². The normalized spacial score (nSPS) is 10.7. The summed E-state index contributed by atoms with van der Waals surface area (Å²) >= 11 is 0. The fourth-order valence-corrected chi connectivity index (χ4v) is 5.46. The van der Waals surface area contributed by atoms with E-state index >= 15 is 0 Å². The number of benzene rings is 3. The SMILES string of the molecule is CCCCCCC=C(C)C(=O)O.Cl.c1ccc(P(c2ccccc2)c2ccccc2)cc1. The molecule has 0 aliphatic rings. The van der Waals surface area contributed by atoms with Crippen molar-refractivity contribution in [3.05, 3.63) is 103 Å². The van der Waals surface area contributed by atoms with Gasteiger partial charge in [0.15, 0.2) is 0 Å². The van der Waals surface area contributed by atoms with E-state index in [0.29, 0.717) is 5.57 Å². The van der Waals surface area contributed by atoms with Crippen LogP contribution in [0.5, 0.6) is 0 Å². The van der Waals surface area contributed by atoms with Crippen LogP contribution < -0.4 is 15.9 Å². The molecule has 0 unspecified atom stereocenters. The molecule has 0 heterocycles. The van der Waals surface area contributed by atoms with Crippen LogP contribution in [0.4, 0.5) is 0 Å². The third-order valence-corrected chi connectivity index (χ3v) is 7.33. The molecule has 0 aliphatic carbocycles. The summed E-state index contributed by atoms with van der Waals surface area (Å²) in [5, 5.41) is 12.7. The maximum absolute atomic E-state index is 10.4. The Morgan fingerprint density at radius 1 is 0.750 bits per heavy atom. The van der Waals surface area contributed by atoms with E-state index in [2.05, 4.69) is 97.9 Å². The van der Waals surface area contributed by atoms with Crippen molar-refractivity contribution in [3.8, 4) is 0 Å². The Bertz CT molecular complexity index is 818. The molecule has 0 atom stereocenters. The number of carboxylic acids is 1. The van der Waals surface area contributed by atoms with Crippen molar-refractivity contribution >= 4 is 42.2 Å². The second-order valence-corrected chi connectivity index (χ2v) is 9.60. The van der Waals surface area contributed by atoms with Gasteiger partial charge in [0.05, 0.1) is 0 Å². The van der Waals surface area contributed by atoms with Crippen LogP contribution in [-0.2, 0) is 4.79 Å². The lowest BCUT2D eigenvalue weighted by molar-refractivity contribution is -0.132. The summed E-state index contributed by atoms with van der Waals surface area (Å²) in [6.07, 6.45) is 7.50. The van der Waals surface area contributed by atoms with E-state index < -0.39 is 13.9 Å². The molecule has 32 heavy (non-hydrogen) atoms. The van der Waals surface area contributed by atoms with Crippen LogP contribution in [0.1, 0.15) is 46.0 Å². The largest absolute Gasteiger partial charge is 0.478 e. The predicted octanol–water partition coefficient (Wildman–Crippen LogP) is 6.85. The average Bonchev–Trinajstić information content (AvgIpc) is 2.81. The first-order valence-corrected chi connectivity index (χ1v) is 12.3. The summed E-state index contributed by atoms with van der Waals surface area (Å²) in [6.45, 7) is 3.81. The van der Waals surface area contributed by atoms with E-state index in [1.165, 1.54) is 35.2 Å². The highest BCUT2D eigenvalue weighted by Gasteiger charge is 2.14.